The first-order valence-electron chi connectivity index (χ1n) is 7.86. The van der Waals surface area contributed by atoms with E-state index in [0.717, 1.165) is 31.4 Å². The number of hydrazine groups is 1. The highest BCUT2D eigenvalue weighted by Gasteiger charge is 2.35. The number of likely N-dealkylation sites (N-methyl/N-ethyl adjacent to an activating group) is 1. The number of fused-ring (bicyclic) bond motifs is 1. The van der Waals surface area contributed by atoms with E-state index in [1.54, 1.807) is 11.3 Å². The Morgan fingerprint density at radius 2 is 2.10 bits per heavy atom. The first-order chi connectivity index (χ1) is 10.2. The fraction of sp³-hybridized carbons (Fsp3) is 0.562. The summed E-state index contributed by atoms with van der Waals surface area (Å²) in [5, 5.41) is 1.66. The van der Waals surface area contributed by atoms with Gasteiger partial charge in [-0.15, -0.1) is 0 Å². The summed E-state index contributed by atoms with van der Waals surface area (Å²) >= 11 is 0. The Morgan fingerprint density at radius 1 is 1.24 bits per heavy atom. The number of aliphatic imine (C=N–C) groups is 1. The molecular weight excluding hydrogens is 262 g/mol. The zero-order chi connectivity index (χ0) is 14.4. The van der Waals surface area contributed by atoms with Gasteiger partial charge in [0, 0.05) is 36.4 Å². The maximum absolute atomic E-state index is 5.90. The summed E-state index contributed by atoms with van der Waals surface area (Å²) in [6.07, 6.45) is 5.72. The molecule has 2 heterocycles. The molecular formula is C16H23N5. The van der Waals surface area contributed by atoms with E-state index in [2.05, 4.69) is 40.0 Å². The quantitative estimate of drug-likeness (QED) is 0.859. The van der Waals surface area contributed by atoms with E-state index in [-0.39, 0.29) is 0 Å². The van der Waals surface area contributed by atoms with Crippen LogP contribution in [-0.4, -0.2) is 48.5 Å². The van der Waals surface area contributed by atoms with E-state index in [0.29, 0.717) is 6.04 Å². The van der Waals surface area contributed by atoms with Gasteiger partial charge in [-0.2, -0.15) is 0 Å². The van der Waals surface area contributed by atoms with Gasteiger partial charge in [0.05, 0.1) is 12.2 Å². The predicted molar refractivity (Wildman–Crippen MR) is 85.7 cm³/mol. The molecule has 2 N–H and O–H groups in total. The maximum Gasteiger partial charge on any atom is 0.106 e. The fourth-order valence-corrected chi connectivity index (χ4v) is 3.57. The summed E-state index contributed by atoms with van der Waals surface area (Å²) < 4.78 is 0. The molecule has 1 aliphatic carbocycles. The van der Waals surface area contributed by atoms with Crippen LogP contribution in [0.1, 0.15) is 24.8 Å². The van der Waals surface area contributed by atoms with Crippen LogP contribution in [0.5, 0.6) is 0 Å². The average Bonchev–Trinajstić information content (AvgIpc) is 3.23. The molecule has 0 radical (unpaired) electrons. The minimum atomic E-state index is 0.689. The van der Waals surface area contributed by atoms with Crippen LogP contribution in [-0.2, 0) is 6.54 Å². The Bertz CT molecular complexity index is 566. The third kappa shape index (κ3) is 2.40. The Hall–Kier alpha value is -1.59. The van der Waals surface area contributed by atoms with Crippen molar-refractivity contribution >= 4 is 17.7 Å². The lowest BCUT2D eigenvalue weighted by molar-refractivity contribution is 0.249. The topological polar surface area (TPSA) is 48.1 Å². The van der Waals surface area contributed by atoms with Gasteiger partial charge in [-0.25, -0.2) is 10.8 Å². The van der Waals surface area contributed by atoms with Crippen molar-refractivity contribution in [2.45, 2.75) is 37.9 Å². The van der Waals surface area contributed by atoms with Crippen molar-refractivity contribution in [3.8, 4) is 0 Å². The second kappa shape index (κ2) is 5.00. The Morgan fingerprint density at radius 3 is 2.90 bits per heavy atom. The third-order valence-corrected chi connectivity index (χ3v) is 5.02. The molecule has 1 aromatic carbocycles. The number of anilines is 1. The second-order valence-electron chi connectivity index (χ2n) is 6.48. The third-order valence-electron chi connectivity index (χ3n) is 5.02. The van der Waals surface area contributed by atoms with Crippen molar-refractivity contribution in [2.75, 3.05) is 25.0 Å². The molecule has 21 heavy (non-hydrogen) atoms. The van der Waals surface area contributed by atoms with Crippen LogP contribution in [0.15, 0.2) is 23.2 Å². The smallest absolute Gasteiger partial charge is 0.106 e. The summed E-state index contributed by atoms with van der Waals surface area (Å²) in [4.78, 5) is 9.53. The molecule has 0 aromatic heterocycles. The molecule has 0 bridgehead atoms. The van der Waals surface area contributed by atoms with E-state index in [1.165, 1.54) is 30.5 Å². The van der Waals surface area contributed by atoms with E-state index in [4.69, 9.17) is 5.84 Å². The zero-order valence-corrected chi connectivity index (χ0v) is 12.6. The number of nitrogens with zero attached hydrogens (tertiary/aromatic N) is 4. The minimum Gasteiger partial charge on any atom is -0.370 e. The van der Waals surface area contributed by atoms with E-state index in [9.17, 15) is 0 Å². The number of nitrogens with two attached hydrogens (primary N) is 1. The lowest BCUT2D eigenvalue weighted by Crippen LogP contribution is -2.36. The largest absolute Gasteiger partial charge is 0.370 e. The first-order valence-corrected chi connectivity index (χ1v) is 7.86. The SMILES string of the molecule is CN(C1CC1)C1CCN(c2cccc3c2CN(N)C=N3)C1. The average molecular weight is 285 g/mol. The molecule has 5 heteroatoms. The van der Waals surface area contributed by atoms with E-state index >= 15 is 0 Å². The first kappa shape index (κ1) is 13.1. The van der Waals surface area contributed by atoms with Crippen LogP contribution >= 0.6 is 0 Å². The molecule has 1 unspecified atom stereocenters. The molecule has 0 spiro atoms. The Balaban J connectivity index is 1.56. The minimum absolute atomic E-state index is 0.689. The number of hydrogen-bond donors (Lipinski definition) is 1. The highest BCUT2D eigenvalue weighted by atomic mass is 15.4. The van der Waals surface area contributed by atoms with Crippen molar-refractivity contribution in [3.05, 3.63) is 23.8 Å². The van der Waals surface area contributed by atoms with Crippen LogP contribution in [0.3, 0.4) is 0 Å². The number of rotatable bonds is 3. The number of hydrogen-bond acceptors (Lipinski definition) is 5. The van der Waals surface area contributed by atoms with Gasteiger partial charge in [-0.05, 0) is 38.4 Å². The standard InChI is InChI=1S/C16H23N5/c1-19(12-5-6-12)13-7-8-20(9-13)16-4-2-3-15-14(16)10-21(17)11-18-15/h2-4,11-13H,5-10,17H2,1H3. The van der Waals surface area contributed by atoms with Crippen molar-refractivity contribution in [2.24, 2.45) is 10.8 Å². The molecule has 112 valence electrons. The molecule has 1 saturated carbocycles. The lowest BCUT2D eigenvalue weighted by atomic mass is 10.1. The molecule has 2 fully saturated rings. The summed E-state index contributed by atoms with van der Waals surface area (Å²) in [6.45, 7) is 3.00. The molecule has 0 amide bonds. The van der Waals surface area contributed by atoms with Gasteiger partial charge in [0.15, 0.2) is 0 Å². The normalized spacial score (nSPS) is 24.8. The van der Waals surface area contributed by atoms with Crippen LogP contribution < -0.4 is 10.7 Å². The Kier molecular flexibility index (Phi) is 3.12. The molecule has 1 atom stereocenters. The Labute approximate surface area is 126 Å². The van der Waals surface area contributed by atoms with Gasteiger partial charge < -0.3 is 4.90 Å². The molecule has 1 aromatic rings. The monoisotopic (exact) mass is 285 g/mol. The predicted octanol–water partition coefficient (Wildman–Crippen LogP) is 1.71. The van der Waals surface area contributed by atoms with Crippen LogP contribution in [0, 0.1) is 0 Å². The van der Waals surface area contributed by atoms with Crippen LogP contribution in [0.4, 0.5) is 11.4 Å². The molecule has 5 nitrogen and oxygen atoms in total. The van der Waals surface area contributed by atoms with Gasteiger partial charge in [0.1, 0.15) is 6.34 Å². The van der Waals surface area contributed by atoms with E-state index < -0.39 is 0 Å². The highest BCUT2D eigenvalue weighted by molar-refractivity contribution is 5.73. The highest BCUT2D eigenvalue weighted by Crippen LogP contribution is 2.36. The van der Waals surface area contributed by atoms with Crippen LogP contribution in [0.2, 0.25) is 0 Å². The second-order valence-corrected chi connectivity index (χ2v) is 6.48. The molecule has 2 aliphatic heterocycles. The van der Waals surface area contributed by atoms with Crippen molar-refractivity contribution in [1.82, 2.24) is 9.91 Å². The van der Waals surface area contributed by atoms with Crippen molar-refractivity contribution < 1.29 is 0 Å². The zero-order valence-electron chi connectivity index (χ0n) is 12.6. The molecule has 1 saturated heterocycles. The van der Waals surface area contributed by atoms with E-state index in [1.807, 2.05) is 0 Å². The molecule has 3 aliphatic rings. The van der Waals surface area contributed by atoms with Gasteiger partial charge >= 0.3 is 0 Å². The summed E-state index contributed by atoms with van der Waals surface area (Å²) in [7, 11) is 2.29. The van der Waals surface area contributed by atoms with Crippen molar-refractivity contribution in [1.29, 1.82) is 0 Å². The molecule has 4 rings (SSSR count). The number of benzene rings is 1. The lowest BCUT2D eigenvalue weighted by Gasteiger charge is -2.28. The maximum atomic E-state index is 5.90. The van der Waals surface area contributed by atoms with Crippen LogP contribution in [0.25, 0.3) is 0 Å². The summed E-state index contributed by atoms with van der Waals surface area (Å²) in [5.74, 6) is 5.90. The van der Waals surface area contributed by atoms with Gasteiger partial charge in [-0.3, -0.25) is 9.91 Å². The van der Waals surface area contributed by atoms with Gasteiger partial charge in [-0.1, -0.05) is 6.07 Å². The van der Waals surface area contributed by atoms with Crippen molar-refractivity contribution in [3.63, 3.8) is 0 Å². The summed E-state index contributed by atoms with van der Waals surface area (Å²) in [6, 6.07) is 7.92. The summed E-state index contributed by atoms with van der Waals surface area (Å²) in [5.41, 5.74) is 3.64. The van der Waals surface area contributed by atoms with Gasteiger partial charge in [0.25, 0.3) is 0 Å². The van der Waals surface area contributed by atoms with Gasteiger partial charge in [0.2, 0.25) is 0 Å². The fourth-order valence-electron chi connectivity index (χ4n) is 3.57.